The summed E-state index contributed by atoms with van der Waals surface area (Å²) in [6, 6.07) is 20.8. The normalized spacial score (nSPS) is 15.8. The summed E-state index contributed by atoms with van der Waals surface area (Å²) < 4.78 is 45.5. The summed E-state index contributed by atoms with van der Waals surface area (Å²) >= 11 is 0. The number of nitrogens with zero attached hydrogens (tertiary/aromatic N) is 1. The number of rotatable bonds is 5. The highest BCUT2D eigenvalue weighted by atomic mass is 19.4. The fraction of sp³-hybridized carbons (Fsp3) is 0.185. The monoisotopic (exact) mass is 477 g/mol. The molecular weight excluding hydrogens is 455 g/mol. The van der Waals surface area contributed by atoms with Gasteiger partial charge in [-0.15, -0.1) is 0 Å². The SMILES string of the molecule is O=C(Nc1cccc(OC2CCNC2)c1)c1cccc2ccc(-c3cccc(C(F)(F)F)c3)nc12. The third kappa shape index (κ3) is 5.12. The highest BCUT2D eigenvalue weighted by molar-refractivity contribution is 6.12. The second-order valence-corrected chi connectivity index (χ2v) is 8.37. The van der Waals surface area contributed by atoms with Crippen LogP contribution in [0.2, 0.25) is 0 Å². The molecule has 0 saturated carbocycles. The van der Waals surface area contributed by atoms with Gasteiger partial charge in [-0.25, -0.2) is 4.98 Å². The summed E-state index contributed by atoms with van der Waals surface area (Å²) in [6.07, 6.45) is -3.44. The highest BCUT2D eigenvalue weighted by Crippen LogP contribution is 2.32. The molecule has 5 nitrogen and oxygen atoms in total. The van der Waals surface area contributed by atoms with Gasteiger partial charge in [0.1, 0.15) is 11.9 Å². The van der Waals surface area contributed by atoms with Crippen LogP contribution in [0, 0.1) is 0 Å². The third-order valence-corrected chi connectivity index (χ3v) is 5.86. The lowest BCUT2D eigenvalue weighted by atomic mass is 10.0. The van der Waals surface area contributed by atoms with Crippen LogP contribution < -0.4 is 15.4 Å². The Morgan fingerprint density at radius 1 is 1.00 bits per heavy atom. The molecule has 1 unspecified atom stereocenters. The van der Waals surface area contributed by atoms with E-state index >= 15 is 0 Å². The predicted octanol–water partition coefficient (Wildman–Crippen LogP) is 5.91. The number of amides is 1. The van der Waals surface area contributed by atoms with E-state index in [-0.39, 0.29) is 12.0 Å². The quantitative estimate of drug-likeness (QED) is 0.375. The minimum Gasteiger partial charge on any atom is -0.489 e. The summed E-state index contributed by atoms with van der Waals surface area (Å²) in [6.45, 7) is 1.70. The Bertz CT molecular complexity index is 1380. The van der Waals surface area contributed by atoms with E-state index in [0.717, 1.165) is 31.6 Å². The van der Waals surface area contributed by atoms with Gasteiger partial charge in [-0.05, 0) is 49.4 Å². The van der Waals surface area contributed by atoms with Crippen LogP contribution in [0.4, 0.5) is 18.9 Å². The molecule has 3 aromatic carbocycles. The van der Waals surface area contributed by atoms with E-state index in [1.165, 1.54) is 6.07 Å². The topological polar surface area (TPSA) is 63.2 Å². The van der Waals surface area contributed by atoms with Crippen LogP contribution in [0.5, 0.6) is 5.75 Å². The number of anilines is 1. The number of halogens is 3. The third-order valence-electron chi connectivity index (χ3n) is 5.86. The van der Waals surface area contributed by atoms with E-state index < -0.39 is 11.7 Å². The van der Waals surface area contributed by atoms with Crippen molar-refractivity contribution >= 4 is 22.5 Å². The van der Waals surface area contributed by atoms with Crippen molar-refractivity contribution in [3.63, 3.8) is 0 Å². The van der Waals surface area contributed by atoms with E-state index in [1.807, 2.05) is 6.07 Å². The van der Waals surface area contributed by atoms with Gasteiger partial charge in [0, 0.05) is 29.2 Å². The first-order valence-corrected chi connectivity index (χ1v) is 11.2. The molecule has 0 bridgehead atoms. The van der Waals surface area contributed by atoms with E-state index in [4.69, 9.17) is 4.74 Å². The van der Waals surface area contributed by atoms with Crippen molar-refractivity contribution in [1.82, 2.24) is 10.3 Å². The average molecular weight is 477 g/mol. The number of nitrogens with one attached hydrogen (secondary N) is 2. The number of aromatic nitrogens is 1. The Kier molecular flexibility index (Phi) is 6.13. The Hall–Kier alpha value is -3.91. The van der Waals surface area contributed by atoms with Crippen LogP contribution in [0.1, 0.15) is 22.3 Å². The van der Waals surface area contributed by atoms with Crippen molar-refractivity contribution in [3.8, 4) is 17.0 Å². The maximum atomic E-state index is 13.2. The largest absolute Gasteiger partial charge is 0.489 e. The van der Waals surface area contributed by atoms with E-state index in [1.54, 1.807) is 54.6 Å². The number of carbonyl (C=O) groups is 1. The number of carbonyl (C=O) groups excluding carboxylic acids is 1. The summed E-state index contributed by atoms with van der Waals surface area (Å²) in [4.78, 5) is 17.7. The number of hydrogen-bond acceptors (Lipinski definition) is 4. The average Bonchev–Trinajstić information content (AvgIpc) is 3.36. The standard InChI is InChI=1S/C27H22F3N3O2/c28-27(29,30)19-6-1-5-18(14-19)24-11-10-17-4-2-9-23(25(17)33-24)26(34)32-20-7-3-8-21(15-20)35-22-12-13-31-16-22/h1-11,14-15,22,31H,12-13,16H2,(H,32,34). The number of pyridine rings is 1. The summed E-state index contributed by atoms with van der Waals surface area (Å²) in [7, 11) is 0. The second-order valence-electron chi connectivity index (χ2n) is 8.37. The number of fused-ring (bicyclic) bond motifs is 1. The number of hydrogen-bond donors (Lipinski definition) is 2. The molecule has 0 spiro atoms. The van der Waals surface area contributed by atoms with Gasteiger partial charge in [0.2, 0.25) is 0 Å². The zero-order valence-electron chi connectivity index (χ0n) is 18.6. The zero-order valence-corrected chi connectivity index (χ0v) is 18.6. The van der Waals surface area contributed by atoms with Gasteiger partial charge < -0.3 is 15.4 Å². The van der Waals surface area contributed by atoms with E-state index in [0.29, 0.717) is 39.2 Å². The molecule has 4 aromatic rings. The molecule has 1 aliphatic heterocycles. The summed E-state index contributed by atoms with van der Waals surface area (Å²) in [5.74, 6) is 0.295. The Balaban J connectivity index is 1.43. The number of ether oxygens (including phenoxy) is 1. The van der Waals surface area contributed by atoms with E-state index in [9.17, 15) is 18.0 Å². The molecule has 1 aromatic heterocycles. The lowest BCUT2D eigenvalue weighted by molar-refractivity contribution is -0.137. The maximum absolute atomic E-state index is 13.2. The molecule has 0 aliphatic carbocycles. The smallest absolute Gasteiger partial charge is 0.416 e. The summed E-state index contributed by atoms with van der Waals surface area (Å²) in [5.41, 5.74) is 1.22. The van der Waals surface area contributed by atoms with Gasteiger partial charge in [-0.2, -0.15) is 13.2 Å². The molecule has 2 heterocycles. The van der Waals surface area contributed by atoms with Crippen molar-refractivity contribution in [1.29, 1.82) is 0 Å². The molecule has 8 heteroatoms. The second kappa shape index (κ2) is 9.38. The molecule has 178 valence electrons. The Labute approximate surface area is 200 Å². The predicted molar refractivity (Wildman–Crippen MR) is 128 cm³/mol. The molecule has 35 heavy (non-hydrogen) atoms. The van der Waals surface area contributed by atoms with Gasteiger partial charge in [0.05, 0.1) is 22.3 Å². The van der Waals surface area contributed by atoms with Crippen molar-refractivity contribution in [2.24, 2.45) is 0 Å². The van der Waals surface area contributed by atoms with Crippen molar-refractivity contribution in [2.75, 3.05) is 18.4 Å². The summed E-state index contributed by atoms with van der Waals surface area (Å²) in [5, 5.41) is 6.84. The van der Waals surface area contributed by atoms with Crippen LogP contribution in [-0.4, -0.2) is 30.1 Å². The molecule has 1 saturated heterocycles. The van der Waals surface area contributed by atoms with Crippen LogP contribution in [0.15, 0.2) is 78.9 Å². The first kappa shape index (κ1) is 22.9. The minimum absolute atomic E-state index is 0.0949. The lowest BCUT2D eigenvalue weighted by Crippen LogP contribution is -2.19. The Morgan fingerprint density at radius 2 is 1.83 bits per heavy atom. The molecule has 5 rings (SSSR count). The molecule has 0 radical (unpaired) electrons. The molecule has 2 N–H and O–H groups in total. The first-order valence-electron chi connectivity index (χ1n) is 11.2. The van der Waals surface area contributed by atoms with Gasteiger partial charge in [0.15, 0.2) is 0 Å². The molecule has 1 atom stereocenters. The highest BCUT2D eigenvalue weighted by Gasteiger charge is 2.30. The van der Waals surface area contributed by atoms with Crippen molar-refractivity contribution in [3.05, 3.63) is 90.0 Å². The zero-order chi connectivity index (χ0) is 24.4. The van der Waals surface area contributed by atoms with Gasteiger partial charge >= 0.3 is 6.18 Å². The van der Waals surface area contributed by atoms with Crippen molar-refractivity contribution in [2.45, 2.75) is 18.7 Å². The number of para-hydroxylation sites is 1. The molecule has 1 amide bonds. The van der Waals surface area contributed by atoms with Gasteiger partial charge in [-0.3, -0.25) is 4.79 Å². The van der Waals surface area contributed by atoms with Crippen LogP contribution >= 0.6 is 0 Å². The molecule has 1 aliphatic rings. The van der Waals surface area contributed by atoms with Crippen LogP contribution in [-0.2, 0) is 6.18 Å². The lowest BCUT2D eigenvalue weighted by Gasteiger charge is -2.14. The van der Waals surface area contributed by atoms with Crippen LogP contribution in [0.3, 0.4) is 0 Å². The van der Waals surface area contributed by atoms with Gasteiger partial charge in [-0.1, -0.05) is 36.4 Å². The number of alkyl halides is 3. The fourth-order valence-electron chi connectivity index (χ4n) is 4.11. The van der Waals surface area contributed by atoms with Crippen LogP contribution in [0.25, 0.3) is 22.2 Å². The number of benzene rings is 3. The molecular formula is C27H22F3N3O2. The van der Waals surface area contributed by atoms with Crippen molar-refractivity contribution < 1.29 is 22.7 Å². The minimum atomic E-state index is -4.45. The fourth-order valence-corrected chi connectivity index (χ4v) is 4.11. The van der Waals surface area contributed by atoms with Gasteiger partial charge in [0.25, 0.3) is 5.91 Å². The van der Waals surface area contributed by atoms with E-state index in [2.05, 4.69) is 15.6 Å². The first-order chi connectivity index (χ1) is 16.9. The molecule has 1 fully saturated rings. The Morgan fingerprint density at radius 3 is 2.63 bits per heavy atom. The maximum Gasteiger partial charge on any atom is 0.416 e.